The Bertz CT molecular complexity index is 290. The molecule has 0 heterocycles. The summed E-state index contributed by atoms with van der Waals surface area (Å²) in [4.78, 5) is 11.2. The largest absolute Gasteiger partial charge is 0.319 e. The van der Waals surface area contributed by atoms with Crippen LogP contribution < -0.4 is 5.73 Å². The first kappa shape index (κ1) is 9.67. The molecule has 2 N–H and O–H groups in total. The monoisotopic (exact) mass is 191 g/mol. The highest BCUT2D eigenvalue weighted by molar-refractivity contribution is 7.90. The van der Waals surface area contributed by atoms with E-state index < -0.39 is 15.4 Å². The molecule has 0 aromatic carbocycles. The van der Waals surface area contributed by atoms with Gasteiger partial charge in [-0.3, -0.25) is 4.79 Å². The molecule has 1 saturated carbocycles. The van der Waals surface area contributed by atoms with E-state index in [9.17, 15) is 13.2 Å². The van der Waals surface area contributed by atoms with Crippen molar-refractivity contribution >= 4 is 15.6 Å². The Morgan fingerprint density at radius 2 is 2.00 bits per heavy atom. The predicted molar refractivity (Wildman–Crippen MR) is 45.5 cm³/mol. The molecule has 0 radical (unpaired) electrons. The van der Waals surface area contributed by atoms with Crippen LogP contribution in [0.2, 0.25) is 0 Å². The Morgan fingerprint density at radius 3 is 2.33 bits per heavy atom. The van der Waals surface area contributed by atoms with Gasteiger partial charge in [0.05, 0.1) is 11.3 Å². The van der Waals surface area contributed by atoms with Crippen molar-refractivity contribution < 1.29 is 13.2 Å². The van der Waals surface area contributed by atoms with Crippen LogP contribution in [0.3, 0.4) is 0 Å². The second-order valence-corrected chi connectivity index (χ2v) is 5.72. The summed E-state index contributed by atoms with van der Waals surface area (Å²) >= 11 is 0. The molecule has 0 bridgehead atoms. The van der Waals surface area contributed by atoms with Crippen molar-refractivity contribution in [2.75, 3.05) is 12.0 Å². The van der Waals surface area contributed by atoms with Crippen LogP contribution in [0.5, 0.6) is 0 Å². The van der Waals surface area contributed by atoms with E-state index in [4.69, 9.17) is 5.73 Å². The molecule has 0 spiro atoms. The summed E-state index contributed by atoms with van der Waals surface area (Å²) in [6.45, 7) is 0. The molecule has 0 aromatic heterocycles. The highest BCUT2D eigenvalue weighted by Crippen LogP contribution is 2.33. The van der Waals surface area contributed by atoms with E-state index in [2.05, 4.69) is 0 Å². The zero-order valence-corrected chi connectivity index (χ0v) is 7.86. The van der Waals surface area contributed by atoms with Crippen LogP contribution >= 0.6 is 0 Å². The first-order valence-electron chi connectivity index (χ1n) is 3.83. The molecule has 0 unspecified atom stereocenters. The molecule has 0 saturated heterocycles. The molecule has 12 heavy (non-hydrogen) atoms. The van der Waals surface area contributed by atoms with E-state index in [0.29, 0.717) is 12.8 Å². The molecule has 70 valence electrons. The topological polar surface area (TPSA) is 77.2 Å². The Labute approximate surface area is 72.0 Å². The number of carbonyl (C=O) groups excluding carboxylic acids is 1. The summed E-state index contributed by atoms with van der Waals surface area (Å²) < 4.78 is 21.4. The number of hydrogen-bond acceptors (Lipinski definition) is 4. The highest BCUT2D eigenvalue weighted by atomic mass is 32.2. The van der Waals surface area contributed by atoms with Crippen molar-refractivity contribution in [1.29, 1.82) is 0 Å². The summed E-state index contributed by atoms with van der Waals surface area (Å²) in [5, 5.41) is 0. The van der Waals surface area contributed by atoms with Gasteiger partial charge in [0, 0.05) is 12.7 Å². The van der Waals surface area contributed by atoms with Crippen LogP contribution in [0.4, 0.5) is 0 Å². The second kappa shape index (κ2) is 2.81. The normalized spacial score (nSPS) is 20.5. The number of carbonyl (C=O) groups is 1. The summed E-state index contributed by atoms with van der Waals surface area (Å²) in [5.74, 6) is -0.196. The molecule has 4 nitrogen and oxygen atoms in total. The lowest BCUT2D eigenvalue weighted by Gasteiger charge is -2.05. The summed E-state index contributed by atoms with van der Waals surface area (Å²) in [6.07, 6.45) is 2.59. The standard InChI is InChI=1S/C7H13NO3S/c1-12(10,11)5-2-6(9)7(8)3-4-7/h2-5,8H2,1H3. The van der Waals surface area contributed by atoms with Crippen molar-refractivity contribution in [3.8, 4) is 0 Å². The molecule has 0 amide bonds. The van der Waals surface area contributed by atoms with Crippen molar-refractivity contribution in [1.82, 2.24) is 0 Å². The Kier molecular flexibility index (Phi) is 2.27. The maximum absolute atomic E-state index is 11.2. The van der Waals surface area contributed by atoms with Gasteiger partial charge in [-0.1, -0.05) is 0 Å². The number of ketones is 1. The van der Waals surface area contributed by atoms with Crippen LogP contribution in [0, 0.1) is 0 Å². The SMILES string of the molecule is CS(=O)(=O)CCC(=O)C1(N)CC1. The molecular formula is C7H13NO3S. The molecule has 1 rings (SSSR count). The minimum absolute atomic E-state index is 0.0648. The van der Waals surface area contributed by atoms with Gasteiger partial charge in [-0.05, 0) is 12.8 Å². The van der Waals surface area contributed by atoms with E-state index in [1.807, 2.05) is 0 Å². The van der Waals surface area contributed by atoms with Crippen LogP contribution in [-0.2, 0) is 14.6 Å². The van der Waals surface area contributed by atoms with Gasteiger partial charge in [0.2, 0.25) is 0 Å². The lowest BCUT2D eigenvalue weighted by Crippen LogP contribution is -2.33. The van der Waals surface area contributed by atoms with E-state index >= 15 is 0 Å². The summed E-state index contributed by atoms with van der Waals surface area (Å²) in [5.41, 5.74) is 4.90. The fraction of sp³-hybridized carbons (Fsp3) is 0.857. The number of Topliss-reactive ketones (excluding diaryl/α,β-unsaturated/α-hetero) is 1. The van der Waals surface area contributed by atoms with Gasteiger partial charge in [0.15, 0.2) is 5.78 Å². The molecule has 5 heteroatoms. The maximum atomic E-state index is 11.2. The molecule has 1 fully saturated rings. The van der Waals surface area contributed by atoms with Gasteiger partial charge in [0.1, 0.15) is 9.84 Å². The van der Waals surface area contributed by atoms with Crippen molar-refractivity contribution in [3.63, 3.8) is 0 Å². The molecule has 1 aliphatic carbocycles. The minimum Gasteiger partial charge on any atom is -0.319 e. The van der Waals surface area contributed by atoms with Crippen molar-refractivity contribution in [2.45, 2.75) is 24.8 Å². The van der Waals surface area contributed by atoms with Gasteiger partial charge in [-0.2, -0.15) is 0 Å². The van der Waals surface area contributed by atoms with Crippen molar-refractivity contribution in [2.24, 2.45) is 5.73 Å². The third kappa shape index (κ3) is 2.57. The Hall–Kier alpha value is -0.420. The van der Waals surface area contributed by atoms with Crippen LogP contribution in [0.15, 0.2) is 0 Å². The van der Waals surface area contributed by atoms with Gasteiger partial charge in [-0.15, -0.1) is 0 Å². The average molecular weight is 191 g/mol. The number of nitrogens with two attached hydrogens (primary N) is 1. The zero-order chi connectivity index (χ0) is 9.41. The molecular weight excluding hydrogens is 178 g/mol. The van der Waals surface area contributed by atoms with Crippen LogP contribution in [0.25, 0.3) is 0 Å². The smallest absolute Gasteiger partial charge is 0.153 e. The lowest BCUT2D eigenvalue weighted by atomic mass is 10.1. The van der Waals surface area contributed by atoms with E-state index in [1.54, 1.807) is 0 Å². The highest BCUT2D eigenvalue weighted by Gasteiger charge is 2.44. The van der Waals surface area contributed by atoms with Gasteiger partial charge >= 0.3 is 0 Å². The quantitative estimate of drug-likeness (QED) is 0.648. The minimum atomic E-state index is -3.03. The van der Waals surface area contributed by atoms with Crippen molar-refractivity contribution in [3.05, 3.63) is 0 Å². The average Bonchev–Trinajstić information content (AvgIpc) is 2.62. The summed E-state index contributed by atoms with van der Waals surface area (Å²) in [6, 6.07) is 0. The van der Waals surface area contributed by atoms with Gasteiger partial charge in [0.25, 0.3) is 0 Å². The number of rotatable bonds is 4. The zero-order valence-electron chi connectivity index (χ0n) is 7.04. The molecule has 0 aliphatic heterocycles. The first-order chi connectivity index (χ1) is 5.33. The van der Waals surface area contributed by atoms with Crippen LogP contribution in [-0.4, -0.2) is 31.7 Å². The predicted octanol–water partition coefficient (Wildman–Crippen LogP) is -0.518. The fourth-order valence-electron chi connectivity index (χ4n) is 0.941. The fourth-order valence-corrected chi connectivity index (χ4v) is 1.50. The summed E-state index contributed by atoms with van der Waals surface area (Å²) in [7, 11) is -3.03. The molecule has 1 aliphatic rings. The third-order valence-electron chi connectivity index (χ3n) is 2.04. The lowest BCUT2D eigenvalue weighted by molar-refractivity contribution is -0.120. The van der Waals surface area contributed by atoms with E-state index in [-0.39, 0.29) is 18.0 Å². The molecule has 0 atom stereocenters. The Morgan fingerprint density at radius 1 is 1.50 bits per heavy atom. The van der Waals surface area contributed by atoms with Gasteiger partial charge in [-0.25, -0.2) is 8.42 Å². The van der Waals surface area contributed by atoms with E-state index in [0.717, 1.165) is 6.26 Å². The maximum Gasteiger partial charge on any atom is 0.153 e. The number of hydrogen-bond donors (Lipinski definition) is 1. The van der Waals surface area contributed by atoms with E-state index in [1.165, 1.54) is 0 Å². The number of sulfone groups is 1. The third-order valence-corrected chi connectivity index (χ3v) is 2.99. The Balaban J connectivity index is 2.39. The molecule has 0 aromatic rings. The van der Waals surface area contributed by atoms with Crippen LogP contribution in [0.1, 0.15) is 19.3 Å². The van der Waals surface area contributed by atoms with Gasteiger partial charge < -0.3 is 5.73 Å². The first-order valence-corrected chi connectivity index (χ1v) is 5.89. The second-order valence-electron chi connectivity index (χ2n) is 3.46.